The number of rotatable bonds is 3. The Bertz CT molecular complexity index is 419. The average Bonchev–Trinajstić information content (AvgIpc) is 2.55. The molecule has 1 fully saturated rings. The van der Waals surface area contributed by atoms with Gasteiger partial charge in [0, 0.05) is 31.4 Å². The van der Waals surface area contributed by atoms with Gasteiger partial charge in [0.05, 0.1) is 0 Å². The largest absolute Gasteiger partial charge is 0.396 e. The third kappa shape index (κ3) is 3.71. The van der Waals surface area contributed by atoms with E-state index in [1.165, 1.54) is 16.8 Å². The van der Waals surface area contributed by atoms with Crippen LogP contribution in [0.4, 0.5) is 5.69 Å². The average molecular weight is 262 g/mol. The first-order valence-corrected chi connectivity index (χ1v) is 7.26. The molecule has 0 radical (unpaired) electrons. The monoisotopic (exact) mass is 262 g/mol. The predicted molar refractivity (Wildman–Crippen MR) is 80.8 cm³/mol. The first-order valence-electron chi connectivity index (χ1n) is 7.26. The van der Waals surface area contributed by atoms with Crippen LogP contribution < -0.4 is 10.2 Å². The van der Waals surface area contributed by atoms with E-state index in [-0.39, 0.29) is 6.61 Å². The molecule has 0 bridgehead atoms. The topological polar surface area (TPSA) is 35.5 Å². The molecule has 0 spiro atoms. The molecule has 3 heteroatoms. The quantitative estimate of drug-likeness (QED) is 0.875. The minimum atomic E-state index is 0.257. The highest BCUT2D eigenvalue weighted by molar-refractivity contribution is 5.55. The first kappa shape index (κ1) is 14.4. The fourth-order valence-electron chi connectivity index (χ4n) is 2.82. The molecule has 2 rings (SSSR count). The molecular weight excluding hydrogens is 236 g/mol. The number of aliphatic hydroxyl groups excluding tert-OH is 1. The summed E-state index contributed by atoms with van der Waals surface area (Å²) >= 11 is 0. The molecule has 0 aliphatic carbocycles. The second-order valence-corrected chi connectivity index (χ2v) is 5.92. The molecule has 1 saturated heterocycles. The van der Waals surface area contributed by atoms with Crippen molar-refractivity contribution in [1.29, 1.82) is 0 Å². The molecule has 2 N–H and O–H groups in total. The van der Waals surface area contributed by atoms with Crippen molar-refractivity contribution in [3.8, 4) is 0 Å². The van der Waals surface area contributed by atoms with Crippen LogP contribution in [0.5, 0.6) is 0 Å². The maximum Gasteiger partial charge on any atom is 0.0446 e. The maximum absolute atomic E-state index is 9.17. The van der Waals surface area contributed by atoms with Gasteiger partial charge < -0.3 is 15.3 Å². The smallest absolute Gasteiger partial charge is 0.0446 e. The maximum atomic E-state index is 9.17. The van der Waals surface area contributed by atoms with Crippen molar-refractivity contribution >= 4 is 5.69 Å². The van der Waals surface area contributed by atoms with Crippen molar-refractivity contribution in [2.75, 3.05) is 31.1 Å². The Hall–Kier alpha value is -1.06. The fourth-order valence-corrected chi connectivity index (χ4v) is 2.82. The summed E-state index contributed by atoms with van der Waals surface area (Å²) < 4.78 is 0. The zero-order valence-corrected chi connectivity index (χ0v) is 12.3. The zero-order valence-electron chi connectivity index (χ0n) is 12.3. The SMILES string of the molecule is Cc1ccc(C)c(N2CC(C)CNC(CCO)C2)c1. The highest BCUT2D eigenvalue weighted by atomic mass is 16.3. The lowest BCUT2D eigenvalue weighted by Crippen LogP contribution is -2.38. The highest BCUT2D eigenvalue weighted by Crippen LogP contribution is 2.24. The number of nitrogens with zero attached hydrogens (tertiary/aromatic N) is 1. The van der Waals surface area contributed by atoms with Gasteiger partial charge in [0.25, 0.3) is 0 Å². The molecule has 0 amide bonds. The van der Waals surface area contributed by atoms with Gasteiger partial charge in [0.15, 0.2) is 0 Å². The summed E-state index contributed by atoms with van der Waals surface area (Å²) in [6.45, 7) is 9.96. The van der Waals surface area contributed by atoms with Crippen molar-refractivity contribution in [2.45, 2.75) is 33.2 Å². The van der Waals surface area contributed by atoms with Gasteiger partial charge >= 0.3 is 0 Å². The van der Waals surface area contributed by atoms with E-state index in [9.17, 15) is 5.11 Å². The third-order valence-corrected chi connectivity index (χ3v) is 3.91. The van der Waals surface area contributed by atoms with Gasteiger partial charge in [-0.05, 0) is 49.9 Å². The zero-order chi connectivity index (χ0) is 13.8. The van der Waals surface area contributed by atoms with E-state index in [2.05, 4.69) is 49.2 Å². The molecule has 1 aromatic rings. The normalized spacial score (nSPS) is 24.3. The summed E-state index contributed by atoms with van der Waals surface area (Å²) in [5.74, 6) is 0.628. The molecule has 106 valence electrons. The van der Waals surface area contributed by atoms with Crippen LogP contribution in [0.15, 0.2) is 18.2 Å². The van der Waals surface area contributed by atoms with Crippen LogP contribution in [0.2, 0.25) is 0 Å². The van der Waals surface area contributed by atoms with Gasteiger partial charge in [0.1, 0.15) is 0 Å². The van der Waals surface area contributed by atoms with Crippen molar-refractivity contribution in [2.24, 2.45) is 5.92 Å². The number of hydrogen-bond acceptors (Lipinski definition) is 3. The molecule has 1 aromatic carbocycles. The second-order valence-electron chi connectivity index (χ2n) is 5.92. The van der Waals surface area contributed by atoms with Crippen LogP contribution in [0.25, 0.3) is 0 Å². The van der Waals surface area contributed by atoms with E-state index in [4.69, 9.17) is 0 Å². The Balaban J connectivity index is 2.22. The summed E-state index contributed by atoms with van der Waals surface area (Å²) in [6.07, 6.45) is 0.827. The molecule has 2 unspecified atom stereocenters. The Morgan fingerprint density at radius 1 is 1.32 bits per heavy atom. The Labute approximate surface area is 116 Å². The van der Waals surface area contributed by atoms with Crippen LogP contribution in [0.1, 0.15) is 24.5 Å². The van der Waals surface area contributed by atoms with E-state index in [1.54, 1.807) is 0 Å². The van der Waals surface area contributed by atoms with Crippen LogP contribution in [0.3, 0.4) is 0 Å². The van der Waals surface area contributed by atoms with Crippen molar-refractivity contribution in [1.82, 2.24) is 5.32 Å². The van der Waals surface area contributed by atoms with Gasteiger partial charge in [-0.2, -0.15) is 0 Å². The van der Waals surface area contributed by atoms with Crippen LogP contribution >= 0.6 is 0 Å². The minimum Gasteiger partial charge on any atom is -0.396 e. The fraction of sp³-hybridized carbons (Fsp3) is 0.625. The lowest BCUT2D eigenvalue weighted by Gasteiger charge is -2.29. The summed E-state index contributed by atoms with van der Waals surface area (Å²) in [5.41, 5.74) is 3.99. The van der Waals surface area contributed by atoms with Crippen molar-refractivity contribution in [3.05, 3.63) is 29.3 Å². The first-order chi connectivity index (χ1) is 9.10. The Morgan fingerprint density at radius 3 is 2.84 bits per heavy atom. The molecule has 19 heavy (non-hydrogen) atoms. The van der Waals surface area contributed by atoms with Gasteiger partial charge in [-0.25, -0.2) is 0 Å². The molecule has 1 aliphatic heterocycles. The van der Waals surface area contributed by atoms with E-state index in [1.807, 2.05) is 0 Å². The Kier molecular flexibility index (Phi) is 4.83. The molecule has 1 aliphatic rings. The van der Waals surface area contributed by atoms with Crippen molar-refractivity contribution < 1.29 is 5.11 Å². The summed E-state index contributed by atoms with van der Waals surface area (Å²) in [6, 6.07) is 7.04. The lowest BCUT2D eigenvalue weighted by atomic mass is 10.1. The summed E-state index contributed by atoms with van der Waals surface area (Å²) in [5, 5.41) is 12.7. The summed E-state index contributed by atoms with van der Waals surface area (Å²) in [7, 11) is 0. The van der Waals surface area contributed by atoms with E-state index < -0.39 is 0 Å². The van der Waals surface area contributed by atoms with Crippen LogP contribution in [-0.4, -0.2) is 37.4 Å². The van der Waals surface area contributed by atoms with E-state index >= 15 is 0 Å². The number of nitrogens with one attached hydrogen (secondary N) is 1. The van der Waals surface area contributed by atoms with Crippen LogP contribution in [-0.2, 0) is 0 Å². The standard InChI is InChI=1S/C16H26N2O/c1-12-4-5-14(3)16(8-12)18-10-13(2)9-17-15(11-18)6-7-19/h4-5,8,13,15,17,19H,6-7,9-11H2,1-3H3. The summed E-state index contributed by atoms with van der Waals surface area (Å²) in [4.78, 5) is 2.48. The molecule has 1 heterocycles. The number of aliphatic hydroxyl groups is 1. The molecule has 2 atom stereocenters. The van der Waals surface area contributed by atoms with Gasteiger partial charge in [-0.3, -0.25) is 0 Å². The van der Waals surface area contributed by atoms with Crippen LogP contribution in [0, 0.1) is 19.8 Å². The predicted octanol–water partition coefficient (Wildman–Crippen LogP) is 2.10. The molecule has 3 nitrogen and oxygen atoms in total. The number of anilines is 1. The van der Waals surface area contributed by atoms with Gasteiger partial charge in [-0.1, -0.05) is 19.1 Å². The number of benzene rings is 1. The highest BCUT2D eigenvalue weighted by Gasteiger charge is 2.22. The minimum absolute atomic E-state index is 0.257. The third-order valence-electron chi connectivity index (χ3n) is 3.91. The second kappa shape index (κ2) is 6.40. The molecular formula is C16H26N2O. The van der Waals surface area contributed by atoms with Gasteiger partial charge in [0.2, 0.25) is 0 Å². The van der Waals surface area contributed by atoms with E-state index in [0.29, 0.717) is 12.0 Å². The van der Waals surface area contributed by atoms with Gasteiger partial charge in [-0.15, -0.1) is 0 Å². The van der Waals surface area contributed by atoms with E-state index in [0.717, 1.165) is 26.1 Å². The molecule has 0 aromatic heterocycles. The number of aryl methyl sites for hydroxylation is 2. The number of hydrogen-bond donors (Lipinski definition) is 2. The molecule has 0 saturated carbocycles. The van der Waals surface area contributed by atoms with Crippen molar-refractivity contribution in [3.63, 3.8) is 0 Å². The Morgan fingerprint density at radius 2 is 2.11 bits per heavy atom. The lowest BCUT2D eigenvalue weighted by molar-refractivity contribution is 0.266.